The van der Waals surface area contributed by atoms with Crippen molar-refractivity contribution in [2.24, 2.45) is 0 Å². The van der Waals surface area contributed by atoms with Crippen LogP contribution in [0.3, 0.4) is 0 Å². The van der Waals surface area contributed by atoms with Gasteiger partial charge in [0, 0.05) is 13.1 Å². The van der Waals surface area contributed by atoms with E-state index >= 15 is 0 Å². The highest BCUT2D eigenvalue weighted by Crippen LogP contribution is 2.22. The van der Waals surface area contributed by atoms with Crippen molar-refractivity contribution in [3.63, 3.8) is 0 Å². The largest absolute Gasteiger partial charge is 0.452 e. The molecular weight excluding hydrogens is 402 g/mol. The lowest BCUT2D eigenvalue weighted by molar-refractivity contribution is -0.119. The summed E-state index contributed by atoms with van der Waals surface area (Å²) in [7, 11) is -3.61. The van der Waals surface area contributed by atoms with E-state index < -0.39 is 28.5 Å². The zero-order chi connectivity index (χ0) is 20.7. The molecule has 1 heterocycles. The van der Waals surface area contributed by atoms with Crippen molar-refractivity contribution in [3.05, 3.63) is 46.8 Å². The molecule has 0 bridgehead atoms. The van der Waals surface area contributed by atoms with Crippen LogP contribution in [0.25, 0.3) is 0 Å². The molecule has 28 heavy (non-hydrogen) atoms. The number of ether oxygens (including phenoxy) is 1. The number of sulfonamides is 1. The number of benzene rings is 1. The van der Waals surface area contributed by atoms with E-state index in [1.807, 2.05) is 6.07 Å². The van der Waals surface area contributed by atoms with Gasteiger partial charge in [-0.1, -0.05) is 13.8 Å². The molecule has 8 nitrogen and oxygen atoms in total. The fourth-order valence-corrected chi connectivity index (χ4v) is 4.56. The molecule has 0 atom stereocenters. The number of rotatable bonds is 8. The van der Waals surface area contributed by atoms with Gasteiger partial charge in [-0.2, -0.15) is 9.57 Å². The van der Waals surface area contributed by atoms with Gasteiger partial charge in [-0.25, -0.2) is 13.2 Å². The van der Waals surface area contributed by atoms with Crippen LogP contribution < -0.4 is 5.32 Å². The molecule has 1 aromatic carbocycles. The van der Waals surface area contributed by atoms with Gasteiger partial charge in [-0.15, -0.1) is 11.3 Å². The molecule has 0 aliphatic carbocycles. The van der Waals surface area contributed by atoms with Gasteiger partial charge in [0.15, 0.2) is 6.61 Å². The fourth-order valence-electron chi connectivity index (χ4n) is 2.35. The molecule has 1 amide bonds. The predicted molar refractivity (Wildman–Crippen MR) is 104 cm³/mol. The minimum Gasteiger partial charge on any atom is -0.452 e. The minimum absolute atomic E-state index is 0.0761. The van der Waals surface area contributed by atoms with Crippen molar-refractivity contribution in [3.8, 4) is 6.07 Å². The van der Waals surface area contributed by atoms with Gasteiger partial charge in [0.25, 0.3) is 5.91 Å². The minimum atomic E-state index is -3.61. The van der Waals surface area contributed by atoms with Crippen LogP contribution in [0.2, 0.25) is 0 Å². The van der Waals surface area contributed by atoms with Gasteiger partial charge < -0.3 is 10.1 Å². The van der Waals surface area contributed by atoms with Crippen LogP contribution in [0.1, 0.15) is 29.8 Å². The first-order valence-electron chi connectivity index (χ1n) is 8.38. The van der Waals surface area contributed by atoms with Crippen LogP contribution in [-0.4, -0.2) is 44.3 Å². The van der Waals surface area contributed by atoms with Gasteiger partial charge in [-0.05, 0) is 35.7 Å². The van der Waals surface area contributed by atoms with Crippen molar-refractivity contribution >= 4 is 38.2 Å². The first-order valence-corrected chi connectivity index (χ1v) is 10.7. The van der Waals surface area contributed by atoms with Crippen LogP contribution in [0.4, 0.5) is 5.00 Å². The first kappa shape index (κ1) is 21.6. The molecule has 148 valence electrons. The molecule has 2 rings (SSSR count). The molecule has 2 aromatic rings. The third-order valence-electron chi connectivity index (χ3n) is 3.81. The molecule has 0 saturated heterocycles. The van der Waals surface area contributed by atoms with Gasteiger partial charge >= 0.3 is 5.97 Å². The molecule has 0 fully saturated rings. The molecule has 0 aliphatic rings. The van der Waals surface area contributed by atoms with Crippen LogP contribution in [0.5, 0.6) is 0 Å². The average molecular weight is 422 g/mol. The standard InChI is InChI=1S/C18H19N3O5S2/c1-3-21(4-2)28(24,25)15-7-5-13(6-8-15)18(23)26-12-16(22)20-17-14(11-19)9-10-27-17/h5-10H,3-4,12H2,1-2H3,(H,20,22). The van der Waals surface area contributed by atoms with E-state index in [1.165, 1.54) is 39.9 Å². The van der Waals surface area contributed by atoms with Crippen LogP contribution in [0, 0.1) is 11.3 Å². The molecule has 0 radical (unpaired) electrons. The SMILES string of the molecule is CCN(CC)S(=O)(=O)c1ccc(C(=O)OCC(=O)Nc2sccc2C#N)cc1. The third-order valence-corrected chi connectivity index (χ3v) is 6.70. The van der Waals surface area contributed by atoms with E-state index in [9.17, 15) is 18.0 Å². The van der Waals surface area contributed by atoms with Crippen molar-refractivity contribution in [2.75, 3.05) is 25.0 Å². The van der Waals surface area contributed by atoms with E-state index in [0.29, 0.717) is 23.7 Å². The summed E-state index contributed by atoms with van der Waals surface area (Å²) in [6.45, 7) is 3.65. The summed E-state index contributed by atoms with van der Waals surface area (Å²) in [5.41, 5.74) is 0.454. The molecular formula is C18H19N3O5S2. The second kappa shape index (κ2) is 9.45. The Hall–Kier alpha value is -2.74. The summed E-state index contributed by atoms with van der Waals surface area (Å²) >= 11 is 1.19. The second-order valence-corrected chi connectivity index (χ2v) is 8.37. The Morgan fingerprint density at radius 3 is 2.39 bits per heavy atom. The number of nitriles is 1. The van der Waals surface area contributed by atoms with E-state index in [0.717, 1.165) is 0 Å². The first-order chi connectivity index (χ1) is 13.3. The molecule has 0 saturated carbocycles. The monoisotopic (exact) mass is 421 g/mol. The number of hydrogen-bond donors (Lipinski definition) is 1. The third kappa shape index (κ3) is 4.95. The van der Waals surface area contributed by atoms with Crippen LogP contribution in [0.15, 0.2) is 40.6 Å². The van der Waals surface area contributed by atoms with Crippen molar-refractivity contribution < 1.29 is 22.7 Å². The number of nitrogens with one attached hydrogen (secondary N) is 1. The summed E-state index contributed by atoms with van der Waals surface area (Å²) < 4.78 is 31.1. The van der Waals surface area contributed by atoms with E-state index in [2.05, 4.69) is 5.32 Å². The maximum atomic E-state index is 12.4. The van der Waals surface area contributed by atoms with Crippen molar-refractivity contribution in [1.29, 1.82) is 5.26 Å². The topological polar surface area (TPSA) is 117 Å². The van der Waals surface area contributed by atoms with Gasteiger partial charge in [0.2, 0.25) is 10.0 Å². The Morgan fingerprint density at radius 2 is 1.82 bits per heavy atom. The van der Waals surface area contributed by atoms with Gasteiger partial charge in [0.1, 0.15) is 11.1 Å². The Morgan fingerprint density at radius 1 is 1.18 bits per heavy atom. The fraction of sp³-hybridized carbons (Fsp3) is 0.278. The number of amides is 1. The summed E-state index contributed by atoms with van der Waals surface area (Å²) in [6.07, 6.45) is 0. The number of nitrogens with zero attached hydrogens (tertiary/aromatic N) is 2. The lowest BCUT2D eigenvalue weighted by atomic mass is 10.2. The Bertz CT molecular complexity index is 987. The zero-order valence-corrected chi connectivity index (χ0v) is 17.0. The highest BCUT2D eigenvalue weighted by molar-refractivity contribution is 7.89. The van der Waals surface area contributed by atoms with Gasteiger partial charge in [0.05, 0.1) is 16.0 Å². The number of carbonyl (C=O) groups excluding carboxylic acids is 2. The lowest BCUT2D eigenvalue weighted by Crippen LogP contribution is -2.30. The summed E-state index contributed by atoms with van der Waals surface area (Å²) in [4.78, 5) is 24.0. The number of esters is 1. The Kier molecular flexibility index (Phi) is 7.28. The zero-order valence-electron chi connectivity index (χ0n) is 15.3. The maximum Gasteiger partial charge on any atom is 0.338 e. The Labute approximate surface area is 167 Å². The molecule has 10 heteroatoms. The van der Waals surface area contributed by atoms with E-state index in [4.69, 9.17) is 10.00 Å². The molecule has 1 aromatic heterocycles. The smallest absolute Gasteiger partial charge is 0.338 e. The molecule has 1 N–H and O–H groups in total. The second-order valence-electron chi connectivity index (χ2n) is 5.51. The average Bonchev–Trinajstić information content (AvgIpc) is 3.14. The number of carbonyl (C=O) groups is 2. The maximum absolute atomic E-state index is 12.4. The molecule has 0 spiro atoms. The molecule has 0 aliphatic heterocycles. The normalized spacial score (nSPS) is 11.1. The Balaban J connectivity index is 1.98. The van der Waals surface area contributed by atoms with Crippen LogP contribution in [-0.2, 0) is 19.6 Å². The summed E-state index contributed by atoms with van der Waals surface area (Å²) in [5, 5.41) is 13.4. The van der Waals surface area contributed by atoms with E-state index in [1.54, 1.807) is 25.3 Å². The van der Waals surface area contributed by atoms with Crippen LogP contribution >= 0.6 is 11.3 Å². The predicted octanol–water partition coefficient (Wildman–Crippen LogP) is 2.45. The summed E-state index contributed by atoms with van der Waals surface area (Å²) in [6, 6.07) is 8.84. The van der Waals surface area contributed by atoms with Gasteiger partial charge in [-0.3, -0.25) is 4.79 Å². The summed E-state index contributed by atoms with van der Waals surface area (Å²) in [5.74, 6) is -1.33. The highest BCUT2D eigenvalue weighted by atomic mass is 32.2. The molecule has 0 unspecified atom stereocenters. The quantitative estimate of drug-likeness (QED) is 0.655. The van der Waals surface area contributed by atoms with Crippen molar-refractivity contribution in [1.82, 2.24) is 4.31 Å². The number of hydrogen-bond acceptors (Lipinski definition) is 7. The van der Waals surface area contributed by atoms with Crippen molar-refractivity contribution in [2.45, 2.75) is 18.7 Å². The lowest BCUT2D eigenvalue weighted by Gasteiger charge is -2.18. The van der Waals surface area contributed by atoms with E-state index in [-0.39, 0.29) is 10.5 Å². The highest BCUT2D eigenvalue weighted by Gasteiger charge is 2.22. The number of anilines is 1. The number of thiophene rings is 1.